The maximum Gasteiger partial charge on any atom is 0.244 e. The first-order valence-electron chi connectivity index (χ1n) is 7.82. The number of carbonyl (C=O) groups excluding carboxylic acids is 1. The van der Waals surface area contributed by atoms with Crippen LogP contribution in [-0.4, -0.2) is 61.1 Å². The summed E-state index contributed by atoms with van der Waals surface area (Å²) in [6.07, 6.45) is 1.47. The SMILES string of the molecule is CC1(C)CN(C(=O)Cn2cnnn2)CCN1Cc1ccccc1. The van der Waals surface area contributed by atoms with Crippen molar-refractivity contribution in [3.05, 3.63) is 42.2 Å². The van der Waals surface area contributed by atoms with Gasteiger partial charge in [-0.1, -0.05) is 30.3 Å². The summed E-state index contributed by atoms with van der Waals surface area (Å²) in [6, 6.07) is 10.4. The molecule has 1 amide bonds. The number of hydrogen-bond acceptors (Lipinski definition) is 5. The lowest BCUT2D eigenvalue weighted by Crippen LogP contribution is -2.60. The monoisotopic (exact) mass is 314 g/mol. The number of carbonyl (C=O) groups is 1. The molecule has 1 aliphatic rings. The van der Waals surface area contributed by atoms with Gasteiger partial charge in [0.1, 0.15) is 12.9 Å². The van der Waals surface area contributed by atoms with E-state index in [-0.39, 0.29) is 18.0 Å². The molecule has 0 unspecified atom stereocenters. The smallest absolute Gasteiger partial charge is 0.244 e. The molecule has 0 N–H and O–H groups in total. The van der Waals surface area contributed by atoms with Crippen molar-refractivity contribution >= 4 is 5.91 Å². The maximum atomic E-state index is 12.4. The standard InChI is InChI=1S/C16H22N6O/c1-16(2)12-20(15(23)11-22-13-17-18-19-22)8-9-21(16)10-14-6-4-3-5-7-14/h3-7,13H,8-12H2,1-2H3. The molecule has 0 bridgehead atoms. The molecule has 1 aromatic carbocycles. The molecule has 0 saturated carbocycles. The van der Waals surface area contributed by atoms with Gasteiger partial charge < -0.3 is 4.90 Å². The number of piperazine rings is 1. The minimum Gasteiger partial charge on any atom is -0.338 e. The Balaban J connectivity index is 1.61. The van der Waals surface area contributed by atoms with Gasteiger partial charge in [-0.05, 0) is 29.8 Å². The van der Waals surface area contributed by atoms with Crippen LogP contribution in [0.4, 0.5) is 0 Å². The molecular weight excluding hydrogens is 292 g/mol. The van der Waals surface area contributed by atoms with Gasteiger partial charge in [-0.25, -0.2) is 4.68 Å². The minimum absolute atomic E-state index is 0.0599. The number of hydrogen-bond donors (Lipinski definition) is 0. The third-order valence-electron chi connectivity index (χ3n) is 4.33. The van der Waals surface area contributed by atoms with E-state index in [0.717, 1.165) is 19.6 Å². The Morgan fingerprint density at radius 1 is 1.22 bits per heavy atom. The van der Waals surface area contributed by atoms with Gasteiger partial charge in [0.05, 0.1) is 0 Å². The van der Waals surface area contributed by atoms with Crippen LogP contribution < -0.4 is 0 Å². The van der Waals surface area contributed by atoms with E-state index >= 15 is 0 Å². The summed E-state index contributed by atoms with van der Waals surface area (Å²) in [5.74, 6) is 0.0599. The van der Waals surface area contributed by atoms with Gasteiger partial charge in [-0.15, -0.1) is 5.10 Å². The highest BCUT2D eigenvalue weighted by molar-refractivity contribution is 5.76. The fourth-order valence-corrected chi connectivity index (χ4v) is 2.99. The van der Waals surface area contributed by atoms with E-state index in [0.29, 0.717) is 6.54 Å². The zero-order valence-corrected chi connectivity index (χ0v) is 13.6. The van der Waals surface area contributed by atoms with Crippen molar-refractivity contribution in [3.63, 3.8) is 0 Å². The summed E-state index contributed by atoms with van der Waals surface area (Å²) in [4.78, 5) is 16.7. The second-order valence-corrected chi connectivity index (χ2v) is 6.54. The van der Waals surface area contributed by atoms with Crippen molar-refractivity contribution < 1.29 is 4.79 Å². The van der Waals surface area contributed by atoms with Crippen LogP contribution in [0, 0.1) is 0 Å². The molecule has 1 aliphatic heterocycles. The van der Waals surface area contributed by atoms with Gasteiger partial charge in [0.2, 0.25) is 5.91 Å². The highest BCUT2D eigenvalue weighted by atomic mass is 16.2. The summed E-state index contributed by atoms with van der Waals surface area (Å²) >= 11 is 0. The van der Waals surface area contributed by atoms with Gasteiger partial charge >= 0.3 is 0 Å². The lowest BCUT2D eigenvalue weighted by Gasteiger charge is -2.47. The van der Waals surface area contributed by atoms with E-state index in [1.54, 1.807) is 0 Å². The van der Waals surface area contributed by atoms with Crippen LogP contribution in [0.5, 0.6) is 0 Å². The Morgan fingerprint density at radius 2 is 2.00 bits per heavy atom. The van der Waals surface area contributed by atoms with E-state index in [4.69, 9.17) is 0 Å². The zero-order valence-electron chi connectivity index (χ0n) is 13.6. The predicted molar refractivity (Wildman–Crippen MR) is 85.3 cm³/mol. The molecule has 2 heterocycles. The van der Waals surface area contributed by atoms with Crippen molar-refractivity contribution in [2.45, 2.75) is 32.5 Å². The Morgan fingerprint density at radius 3 is 2.65 bits per heavy atom. The fourth-order valence-electron chi connectivity index (χ4n) is 2.99. The Bertz CT molecular complexity index is 640. The second kappa shape index (κ2) is 6.45. The number of amides is 1. The quantitative estimate of drug-likeness (QED) is 0.835. The maximum absolute atomic E-state index is 12.4. The van der Waals surface area contributed by atoms with Gasteiger partial charge in [0, 0.05) is 31.7 Å². The van der Waals surface area contributed by atoms with E-state index in [1.165, 1.54) is 16.6 Å². The summed E-state index contributed by atoms with van der Waals surface area (Å²) < 4.78 is 1.46. The molecular formula is C16H22N6O. The number of nitrogens with zero attached hydrogens (tertiary/aromatic N) is 6. The first-order chi connectivity index (χ1) is 11.0. The highest BCUT2D eigenvalue weighted by Crippen LogP contribution is 2.23. The molecule has 1 aromatic heterocycles. The molecule has 1 saturated heterocycles. The normalized spacial score (nSPS) is 18.1. The van der Waals surface area contributed by atoms with Crippen molar-refractivity contribution in [3.8, 4) is 0 Å². The summed E-state index contributed by atoms with van der Waals surface area (Å²) in [5, 5.41) is 10.9. The van der Waals surface area contributed by atoms with Gasteiger partial charge in [0.25, 0.3) is 0 Å². The minimum atomic E-state index is -0.0651. The first kappa shape index (κ1) is 15.6. The van der Waals surface area contributed by atoms with E-state index in [1.807, 2.05) is 11.0 Å². The molecule has 2 aromatic rings. The fraction of sp³-hybridized carbons (Fsp3) is 0.500. The average molecular weight is 314 g/mol. The van der Waals surface area contributed by atoms with Gasteiger partial charge in [0.15, 0.2) is 0 Å². The van der Waals surface area contributed by atoms with Crippen LogP contribution >= 0.6 is 0 Å². The zero-order chi connectivity index (χ0) is 16.3. The van der Waals surface area contributed by atoms with Gasteiger partial charge in [-0.2, -0.15) is 0 Å². The molecule has 7 nitrogen and oxygen atoms in total. The van der Waals surface area contributed by atoms with E-state index < -0.39 is 0 Å². The lowest BCUT2D eigenvalue weighted by molar-refractivity contribution is -0.137. The number of benzene rings is 1. The molecule has 0 aliphatic carbocycles. The Kier molecular flexibility index (Phi) is 4.38. The van der Waals surface area contributed by atoms with Gasteiger partial charge in [-0.3, -0.25) is 9.69 Å². The lowest BCUT2D eigenvalue weighted by atomic mass is 9.97. The van der Waals surface area contributed by atoms with Crippen LogP contribution in [-0.2, 0) is 17.9 Å². The second-order valence-electron chi connectivity index (χ2n) is 6.54. The molecule has 7 heteroatoms. The molecule has 0 radical (unpaired) electrons. The van der Waals surface area contributed by atoms with Crippen LogP contribution in [0.25, 0.3) is 0 Å². The van der Waals surface area contributed by atoms with Crippen molar-refractivity contribution in [1.82, 2.24) is 30.0 Å². The summed E-state index contributed by atoms with van der Waals surface area (Å²) in [5.41, 5.74) is 1.23. The third kappa shape index (κ3) is 3.73. The first-order valence-corrected chi connectivity index (χ1v) is 7.82. The molecule has 0 spiro atoms. The topological polar surface area (TPSA) is 67.2 Å². The van der Waals surface area contributed by atoms with Crippen molar-refractivity contribution in [2.24, 2.45) is 0 Å². The molecule has 122 valence electrons. The predicted octanol–water partition coefficient (Wildman–Crippen LogP) is 0.796. The molecule has 3 rings (SSSR count). The molecule has 0 atom stereocenters. The number of aromatic nitrogens is 4. The summed E-state index contributed by atoms with van der Waals surface area (Å²) in [6.45, 7) is 7.78. The average Bonchev–Trinajstić information content (AvgIpc) is 3.03. The largest absolute Gasteiger partial charge is 0.338 e. The number of tetrazole rings is 1. The van der Waals surface area contributed by atoms with E-state index in [2.05, 4.69) is 58.5 Å². The number of rotatable bonds is 4. The van der Waals surface area contributed by atoms with Crippen LogP contribution in [0.1, 0.15) is 19.4 Å². The molecule has 23 heavy (non-hydrogen) atoms. The van der Waals surface area contributed by atoms with Crippen LogP contribution in [0.15, 0.2) is 36.7 Å². The van der Waals surface area contributed by atoms with E-state index in [9.17, 15) is 4.79 Å². The third-order valence-corrected chi connectivity index (χ3v) is 4.33. The van der Waals surface area contributed by atoms with Crippen molar-refractivity contribution in [2.75, 3.05) is 19.6 Å². The van der Waals surface area contributed by atoms with Crippen LogP contribution in [0.3, 0.4) is 0 Å². The van der Waals surface area contributed by atoms with Crippen molar-refractivity contribution in [1.29, 1.82) is 0 Å². The Hall–Kier alpha value is -2.28. The molecule has 1 fully saturated rings. The highest BCUT2D eigenvalue weighted by Gasteiger charge is 2.35. The summed E-state index contributed by atoms with van der Waals surface area (Å²) in [7, 11) is 0. The van der Waals surface area contributed by atoms with Crippen LogP contribution in [0.2, 0.25) is 0 Å². The Labute approximate surface area is 135 Å².